The Kier molecular flexibility index (Phi) is 3.79. The molecule has 0 heterocycles. The Morgan fingerprint density at radius 1 is 1.57 bits per heavy atom. The maximum absolute atomic E-state index is 13.2. The maximum atomic E-state index is 13.2. The van der Waals surface area contributed by atoms with Gasteiger partial charge in [-0.05, 0) is 18.2 Å². The Balaban J connectivity index is 2.84. The highest BCUT2D eigenvalue weighted by atomic mass is 32.1. The van der Waals surface area contributed by atoms with Crippen LogP contribution in [0, 0.1) is 5.82 Å². The van der Waals surface area contributed by atoms with E-state index in [9.17, 15) is 4.39 Å². The third-order valence-electron chi connectivity index (χ3n) is 1.57. The summed E-state index contributed by atoms with van der Waals surface area (Å²) < 4.78 is 18.1. The van der Waals surface area contributed by atoms with Gasteiger partial charge in [0.25, 0.3) is 0 Å². The summed E-state index contributed by atoms with van der Waals surface area (Å²) in [6.45, 7) is -0.0974. The maximum Gasteiger partial charge on any atom is 0.165 e. The van der Waals surface area contributed by atoms with E-state index < -0.39 is 5.82 Å². The number of hydrogen-bond donors (Lipinski definition) is 2. The van der Waals surface area contributed by atoms with Crippen molar-refractivity contribution in [3.05, 3.63) is 29.6 Å². The fraction of sp³-hybridized carbons (Fsp3) is 0.222. The van der Waals surface area contributed by atoms with Crippen molar-refractivity contribution in [1.29, 1.82) is 0 Å². The zero-order valence-corrected chi connectivity index (χ0v) is 8.18. The van der Waals surface area contributed by atoms with Crippen molar-refractivity contribution in [2.24, 2.45) is 5.73 Å². The molecule has 0 fully saturated rings. The number of nitrogens with two attached hydrogens (primary N) is 1. The van der Waals surface area contributed by atoms with Crippen LogP contribution in [0.15, 0.2) is 18.2 Å². The van der Waals surface area contributed by atoms with E-state index in [0.29, 0.717) is 5.56 Å². The molecule has 0 saturated heterocycles. The minimum absolute atomic E-state index is 0.0589. The van der Waals surface area contributed by atoms with Gasteiger partial charge in [-0.1, -0.05) is 12.2 Å². The molecule has 1 rings (SSSR count). The van der Waals surface area contributed by atoms with Crippen LogP contribution < -0.4 is 10.5 Å². The summed E-state index contributed by atoms with van der Waals surface area (Å²) in [4.78, 5) is 0.137. The molecule has 0 unspecified atom stereocenters. The first-order chi connectivity index (χ1) is 6.65. The molecule has 14 heavy (non-hydrogen) atoms. The fourth-order valence-electron chi connectivity index (χ4n) is 0.927. The lowest BCUT2D eigenvalue weighted by molar-refractivity contribution is 0.196. The van der Waals surface area contributed by atoms with E-state index in [1.807, 2.05) is 0 Å². The number of aliphatic hydroxyl groups is 1. The molecule has 0 radical (unpaired) electrons. The first kappa shape index (κ1) is 10.9. The zero-order valence-electron chi connectivity index (χ0n) is 7.37. The van der Waals surface area contributed by atoms with Gasteiger partial charge in [-0.2, -0.15) is 0 Å². The summed E-state index contributed by atoms with van der Waals surface area (Å²) >= 11 is 4.68. The molecule has 5 heteroatoms. The van der Waals surface area contributed by atoms with E-state index in [1.54, 1.807) is 6.07 Å². The van der Waals surface area contributed by atoms with Crippen molar-refractivity contribution < 1.29 is 14.2 Å². The summed E-state index contributed by atoms with van der Waals surface area (Å²) in [5.41, 5.74) is 5.77. The van der Waals surface area contributed by atoms with Crippen LogP contribution >= 0.6 is 12.2 Å². The predicted octanol–water partition coefficient (Wildman–Crippen LogP) is 0.831. The van der Waals surface area contributed by atoms with Gasteiger partial charge in [0.2, 0.25) is 0 Å². The molecule has 1 aromatic rings. The van der Waals surface area contributed by atoms with Crippen LogP contribution in [0.4, 0.5) is 4.39 Å². The van der Waals surface area contributed by atoms with Crippen LogP contribution in [-0.4, -0.2) is 23.3 Å². The number of thiocarbonyl (C=S) groups is 1. The van der Waals surface area contributed by atoms with Crippen LogP contribution in [0.2, 0.25) is 0 Å². The number of halogens is 1. The molecule has 76 valence electrons. The molecule has 3 nitrogen and oxygen atoms in total. The molecule has 0 saturated carbocycles. The molecule has 3 N–H and O–H groups in total. The van der Waals surface area contributed by atoms with Crippen LogP contribution in [0.5, 0.6) is 5.75 Å². The second-order valence-electron chi connectivity index (χ2n) is 2.58. The SMILES string of the molecule is NC(=S)c1ccc(OCCO)c(F)c1. The standard InChI is InChI=1S/C9H10FNO2S/c10-7-5-6(9(11)14)1-2-8(7)13-4-3-12/h1-2,5,12H,3-4H2,(H2,11,14). The Bertz CT molecular complexity index is 344. The summed E-state index contributed by atoms with van der Waals surface area (Å²) in [5.74, 6) is -0.456. The number of aliphatic hydroxyl groups excluding tert-OH is 1. The molecular weight excluding hydrogens is 205 g/mol. The Morgan fingerprint density at radius 3 is 2.79 bits per heavy atom. The largest absolute Gasteiger partial charge is 0.488 e. The van der Waals surface area contributed by atoms with Crippen molar-refractivity contribution in [2.75, 3.05) is 13.2 Å². The highest BCUT2D eigenvalue weighted by molar-refractivity contribution is 7.80. The van der Waals surface area contributed by atoms with Gasteiger partial charge in [0.15, 0.2) is 11.6 Å². The van der Waals surface area contributed by atoms with Crippen LogP contribution in [-0.2, 0) is 0 Å². The van der Waals surface area contributed by atoms with E-state index in [1.165, 1.54) is 12.1 Å². The molecule has 0 bridgehead atoms. The number of benzene rings is 1. The summed E-state index contributed by atoms with van der Waals surface area (Å²) in [5, 5.41) is 8.47. The monoisotopic (exact) mass is 215 g/mol. The van der Waals surface area contributed by atoms with Crippen LogP contribution in [0.1, 0.15) is 5.56 Å². The smallest absolute Gasteiger partial charge is 0.165 e. The van der Waals surface area contributed by atoms with Gasteiger partial charge in [0.05, 0.1) is 6.61 Å². The number of rotatable bonds is 4. The zero-order chi connectivity index (χ0) is 10.6. The molecule has 0 amide bonds. The first-order valence-electron chi connectivity index (χ1n) is 3.98. The Hall–Kier alpha value is -1.20. The van der Waals surface area contributed by atoms with Gasteiger partial charge >= 0.3 is 0 Å². The van der Waals surface area contributed by atoms with Gasteiger partial charge in [-0.15, -0.1) is 0 Å². The van der Waals surface area contributed by atoms with Gasteiger partial charge in [-0.25, -0.2) is 4.39 Å². The summed E-state index contributed by atoms with van der Waals surface area (Å²) in [6, 6.07) is 4.20. The van der Waals surface area contributed by atoms with E-state index in [4.69, 9.17) is 15.6 Å². The third-order valence-corrected chi connectivity index (χ3v) is 1.80. The number of ether oxygens (including phenoxy) is 1. The minimum atomic E-state index is -0.538. The van der Waals surface area contributed by atoms with Crippen molar-refractivity contribution in [2.45, 2.75) is 0 Å². The Morgan fingerprint density at radius 2 is 2.29 bits per heavy atom. The lowest BCUT2D eigenvalue weighted by Gasteiger charge is -2.06. The average molecular weight is 215 g/mol. The molecule has 0 atom stereocenters. The normalized spacial score (nSPS) is 9.86. The molecule has 0 spiro atoms. The topological polar surface area (TPSA) is 55.5 Å². The summed E-state index contributed by atoms with van der Waals surface area (Å²) in [6.07, 6.45) is 0. The van der Waals surface area contributed by atoms with Crippen LogP contribution in [0.3, 0.4) is 0 Å². The van der Waals surface area contributed by atoms with Crippen molar-refractivity contribution >= 4 is 17.2 Å². The average Bonchev–Trinajstić information content (AvgIpc) is 2.15. The third kappa shape index (κ3) is 2.65. The van der Waals surface area contributed by atoms with E-state index in [2.05, 4.69) is 12.2 Å². The van der Waals surface area contributed by atoms with Crippen LogP contribution in [0.25, 0.3) is 0 Å². The lowest BCUT2D eigenvalue weighted by Crippen LogP contribution is -2.10. The predicted molar refractivity (Wildman–Crippen MR) is 54.9 cm³/mol. The minimum Gasteiger partial charge on any atom is -0.488 e. The fourth-order valence-corrected chi connectivity index (χ4v) is 1.05. The molecule has 0 aliphatic carbocycles. The highest BCUT2D eigenvalue weighted by Crippen LogP contribution is 2.18. The molecule has 1 aromatic carbocycles. The van der Waals surface area contributed by atoms with Gasteiger partial charge < -0.3 is 15.6 Å². The van der Waals surface area contributed by atoms with E-state index in [0.717, 1.165) is 0 Å². The summed E-state index contributed by atoms with van der Waals surface area (Å²) in [7, 11) is 0. The van der Waals surface area contributed by atoms with Crippen molar-refractivity contribution in [1.82, 2.24) is 0 Å². The van der Waals surface area contributed by atoms with E-state index in [-0.39, 0.29) is 24.0 Å². The first-order valence-corrected chi connectivity index (χ1v) is 4.39. The molecule has 0 aliphatic heterocycles. The van der Waals surface area contributed by atoms with Gasteiger partial charge in [0, 0.05) is 5.56 Å². The lowest BCUT2D eigenvalue weighted by atomic mass is 10.2. The Labute approximate surface area is 86.3 Å². The second-order valence-corrected chi connectivity index (χ2v) is 3.02. The molecule has 0 aliphatic rings. The quantitative estimate of drug-likeness (QED) is 0.730. The molecule has 0 aromatic heterocycles. The van der Waals surface area contributed by atoms with Crippen molar-refractivity contribution in [3.63, 3.8) is 0 Å². The second kappa shape index (κ2) is 4.88. The molecular formula is C9H10FNO2S. The van der Waals surface area contributed by atoms with E-state index >= 15 is 0 Å². The number of hydrogen-bond acceptors (Lipinski definition) is 3. The van der Waals surface area contributed by atoms with Gasteiger partial charge in [-0.3, -0.25) is 0 Å². The van der Waals surface area contributed by atoms with Crippen molar-refractivity contribution in [3.8, 4) is 5.75 Å². The highest BCUT2D eigenvalue weighted by Gasteiger charge is 2.05. The van der Waals surface area contributed by atoms with Gasteiger partial charge in [0.1, 0.15) is 11.6 Å².